The Bertz CT molecular complexity index is 901. The first kappa shape index (κ1) is 19.5. The summed E-state index contributed by atoms with van der Waals surface area (Å²) in [6.07, 6.45) is -4.72. The highest BCUT2D eigenvalue weighted by molar-refractivity contribution is 6.32. The number of fused-ring (bicyclic) bond motifs is 1. The first-order valence-corrected chi connectivity index (χ1v) is 8.55. The fourth-order valence-electron chi connectivity index (χ4n) is 3.13. The molecule has 0 aliphatic carbocycles. The van der Waals surface area contributed by atoms with E-state index in [4.69, 9.17) is 16.3 Å². The number of rotatable bonds is 3. The van der Waals surface area contributed by atoms with Gasteiger partial charge < -0.3 is 9.64 Å². The third kappa shape index (κ3) is 3.25. The molecule has 0 saturated heterocycles. The summed E-state index contributed by atoms with van der Waals surface area (Å²) in [6, 6.07) is 5.71. The van der Waals surface area contributed by atoms with Gasteiger partial charge in [-0.25, -0.2) is 4.39 Å². The lowest BCUT2D eigenvalue weighted by molar-refractivity contribution is -0.137. The molecule has 1 aliphatic rings. The van der Waals surface area contributed by atoms with E-state index in [-0.39, 0.29) is 11.7 Å². The molecule has 0 unspecified atom stereocenters. The predicted molar refractivity (Wildman–Crippen MR) is 94.0 cm³/mol. The van der Waals surface area contributed by atoms with E-state index in [0.29, 0.717) is 24.2 Å². The Kier molecular flexibility index (Phi) is 4.62. The second-order valence-electron chi connectivity index (χ2n) is 6.72. The van der Waals surface area contributed by atoms with Crippen LogP contribution in [0.15, 0.2) is 30.3 Å². The summed E-state index contributed by atoms with van der Waals surface area (Å²) in [5.74, 6) is -1.62. The summed E-state index contributed by atoms with van der Waals surface area (Å²) in [6.45, 7) is 5.87. The van der Waals surface area contributed by atoms with Crippen molar-refractivity contribution in [1.82, 2.24) is 0 Å². The molecule has 8 heteroatoms. The molecule has 2 aromatic carbocycles. The topological polar surface area (TPSA) is 29.5 Å². The van der Waals surface area contributed by atoms with Gasteiger partial charge in [-0.3, -0.25) is 4.79 Å². The van der Waals surface area contributed by atoms with E-state index in [9.17, 15) is 22.4 Å². The minimum absolute atomic E-state index is 0.0732. The number of anilines is 1. The molecular formula is C19H16ClF4NO2. The third-order valence-electron chi connectivity index (χ3n) is 4.57. The van der Waals surface area contributed by atoms with Crippen LogP contribution in [-0.2, 0) is 16.4 Å². The van der Waals surface area contributed by atoms with Gasteiger partial charge in [0.2, 0.25) is 5.91 Å². The van der Waals surface area contributed by atoms with Crippen molar-refractivity contribution in [3.05, 3.63) is 52.3 Å². The average Bonchev–Trinajstić information content (AvgIpc) is 2.76. The summed E-state index contributed by atoms with van der Waals surface area (Å²) in [5.41, 5.74) is -0.585. The summed E-state index contributed by atoms with van der Waals surface area (Å²) >= 11 is 5.81. The fraction of sp³-hybridized carbons (Fsp3) is 0.316. The van der Waals surface area contributed by atoms with Crippen LogP contribution in [0.4, 0.5) is 23.2 Å². The maximum atomic E-state index is 14.2. The largest absolute Gasteiger partial charge is 0.453 e. The average molecular weight is 402 g/mol. The number of nitrogens with zero attached hydrogens (tertiary/aromatic N) is 1. The van der Waals surface area contributed by atoms with Crippen LogP contribution in [0.5, 0.6) is 11.5 Å². The van der Waals surface area contributed by atoms with Crippen LogP contribution >= 0.6 is 11.6 Å². The molecule has 3 rings (SSSR count). The van der Waals surface area contributed by atoms with Crippen LogP contribution in [0.3, 0.4) is 0 Å². The number of amides is 1. The molecule has 0 N–H and O–H groups in total. The van der Waals surface area contributed by atoms with E-state index in [1.807, 2.05) is 6.92 Å². The Balaban J connectivity index is 2.00. The van der Waals surface area contributed by atoms with Crippen LogP contribution in [0.1, 0.15) is 31.9 Å². The lowest BCUT2D eigenvalue weighted by atomic mass is 9.86. The standard InChI is InChI=1S/C19H16ClF4NO2/c1-4-25-15-6-5-11(9-12(15)18(2,3)17(25)26)27-16-13(20)7-10(8-14(16)21)19(22,23)24/h5-9H,4H2,1-3H3. The Morgan fingerprint density at radius 2 is 1.85 bits per heavy atom. The maximum absolute atomic E-state index is 14.2. The lowest BCUT2D eigenvalue weighted by Crippen LogP contribution is -2.35. The number of carbonyl (C=O) groups excluding carboxylic acids is 1. The van der Waals surface area contributed by atoms with E-state index in [1.54, 1.807) is 30.9 Å². The van der Waals surface area contributed by atoms with Crippen molar-refractivity contribution >= 4 is 23.2 Å². The van der Waals surface area contributed by atoms with E-state index in [2.05, 4.69) is 0 Å². The molecule has 0 radical (unpaired) electrons. The Morgan fingerprint density at radius 1 is 1.19 bits per heavy atom. The fourth-order valence-corrected chi connectivity index (χ4v) is 3.38. The number of hydrogen-bond donors (Lipinski definition) is 0. The van der Waals surface area contributed by atoms with Gasteiger partial charge in [0.1, 0.15) is 5.75 Å². The number of carbonyl (C=O) groups is 1. The summed E-state index contributed by atoms with van der Waals surface area (Å²) in [5, 5.41) is -0.492. The summed E-state index contributed by atoms with van der Waals surface area (Å²) in [7, 11) is 0. The number of ether oxygens (including phenoxy) is 1. The molecule has 1 heterocycles. The molecule has 0 fully saturated rings. The van der Waals surface area contributed by atoms with Gasteiger partial charge in [0.25, 0.3) is 0 Å². The zero-order valence-corrected chi connectivity index (χ0v) is 15.5. The molecule has 3 nitrogen and oxygen atoms in total. The van der Waals surface area contributed by atoms with Crippen molar-refractivity contribution < 1.29 is 27.1 Å². The molecule has 1 aliphatic heterocycles. The van der Waals surface area contributed by atoms with Crippen molar-refractivity contribution in [1.29, 1.82) is 0 Å². The number of hydrogen-bond acceptors (Lipinski definition) is 2. The summed E-state index contributed by atoms with van der Waals surface area (Å²) in [4.78, 5) is 14.2. The van der Waals surface area contributed by atoms with Crippen LogP contribution in [0.25, 0.3) is 0 Å². The number of likely N-dealkylation sites (N-methyl/N-ethyl adjacent to an activating group) is 1. The minimum atomic E-state index is -4.72. The second-order valence-corrected chi connectivity index (χ2v) is 7.13. The first-order valence-electron chi connectivity index (χ1n) is 8.17. The molecule has 144 valence electrons. The molecule has 0 aromatic heterocycles. The Hall–Kier alpha value is -2.28. The van der Waals surface area contributed by atoms with Crippen LogP contribution in [-0.4, -0.2) is 12.5 Å². The summed E-state index contributed by atoms with van der Waals surface area (Å²) < 4.78 is 57.8. The highest BCUT2D eigenvalue weighted by Crippen LogP contribution is 2.44. The van der Waals surface area contributed by atoms with Crippen molar-refractivity contribution in [2.75, 3.05) is 11.4 Å². The molecule has 0 atom stereocenters. The Labute approximate surface area is 158 Å². The molecule has 1 amide bonds. The predicted octanol–water partition coefficient (Wildman–Crippen LogP) is 5.93. The van der Waals surface area contributed by atoms with Gasteiger partial charge >= 0.3 is 6.18 Å². The van der Waals surface area contributed by atoms with E-state index in [1.165, 1.54) is 6.07 Å². The smallest absolute Gasteiger partial charge is 0.416 e. The van der Waals surface area contributed by atoms with Crippen molar-refractivity contribution in [2.24, 2.45) is 0 Å². The molecule has 0 bridgehead atoms. The number of halogens is 5. The van der Waals surface area contributed by atoms with Gasteiger partial charge in [-0.2, -0.15) is 13.2 Å². The van der Waals surface area contributed by atoms with Crippen LogP contribution in [0, 0.1) is 5.82 Å². The minimum Gasteiger partial charge on any atom is -0.453 e. The normalized spacial score (nSPS) is 15.9. The van der Waals surface area contributed by atoms with Gasteiger partial charge in [0, 0.05) is 12.2 Å². The Morgan fingerprint density at radius 3 is 2.41 bits per heavy atom. The van der Waals surface area contributed by atoms with E-state index >= 15 is 0 Å². The van der Waals surface area contributed by atoms with Gasteiger partial charge in [0.05, 0.1) is 16.0 Å². The van der Waals surface area contributed by atoms with E-state index < -0.39 is 33.7 Å². The zero-order chi connectivity index (χ0) is 20.1. The monoisotopic (exact) mass is 401 g/mol. The van der Waals surface area contributed by atoms with Crippen molar-refractivity contribution in [2.45, 2.75) is 32.4 Å². The quantitative estimate of drug-likeness (QED) is 0.596. The molecule has 27 heavy (non-hydrogen) atoms. The van der Waals surface area contributed by atoms with Crippen LogP contribution < -0.4 is 9.64 Å². The van der Waals surface area contributed by atoms with Gasteiger partial charge in [0.15, 0.2) is 11.6 Å². The zero-order valence-electron chi connectivity index (χ0n) is 14.7. The van der Waals surface area contributed by atoms with Crippen molar-refractivity contribution in [3.63, 3.8) is 0 Å². The molecule has 0 spiro atoms. The number of benzene rings is 2. The van der Waals surface area contributed by atoms with Crippen LogP contribution in [0.2, 0.25) is 5.02 Å². The highest BCUT2D eigenvalue weighted by atomic mass is 35.5. The second kappa shape index (κ2) is 6.41. The van der Waals surface area contributed by atoms with E-state index in [0.717, 1.165) is 5.69 Å². The van der Waals surface area contributed by atoms with Gasteiger partial charge in [-0.05, 0) is 56.7 Å². The SMILES string of the molecule is CCN1C(=O)C(C)(C)c2cc(Oc3c(F)cc(C(F)(F)F)cc3Cl)ccc21. The lowest BCUT2D eigenvalue weighted by Gasteiger charge is -2.18. The number of alkyl halides is 3. The maximum Gasteiger partial charge on any atom is 0.416 e. The molecular weight excluding hydrogens is 386 g/mol. The van der Waals surface area contributed by atoms with Gasteiger partial charge in [-0.1, -0.05) is 11.6 Å². The highest BCUT2D eigenvalue weighted by Gasteiger charge is 2.43. The van der Waals surface area contributed by atoms with Crippen molar-refractivity contribution in [3.8, 4) is 11.5 Å². The third-order valence-corrected chi connectivity index (χ3v) is 4.85. The molecule has 2 aromatic rings. The molecule has 0 saturated carbocycles. The first-order chi connectivity index (χ1) is 12.5. The van der Waals surface area contributed by atoms with Gasteiger partial charge in [-0.15, -0.1) is 0 Å².